The van der Waals surface area contributed by atoms with E-state index in [1.165, 1.54) is 0 Å². The van der Waals surface area contributed by atoms with Gasteiger partial charge in [0.25, 0.3) is 0 Å². The molecule has 0 saturated carbocycles. The second kappa shape index (κ2) is 6.92. The van der Waals surface area contributed by atoms with Crippen molar-refractivity contribution in [2.45, 2.75) is 70.1 Å². The SMILES string of the molecule is COc1cnc2[nH]cc(C(C)C(=O)N3C4CC(C)CC3CC(C)(O)C4)c2c1Cl. The number of hydrogen-bond donors (Lipinski definition) is 2. The van der Waals surface area contributed by atoms with Gasteiger partial charge in [0.05, 0.1) is 29.8 Å². The van der Waals surface area contributed by atoms with Crippen LogP contribution in [0.3, 0.4) is 0 Å². The molecule has 2 aliphatic heterocycles. The fourth-order valence-electron chi connectivity index (χ4n) is 5.28. The fraction of sp³-hybridized carbons (Fsp3) is 0.619. The van der Waals surface area contributed by atoms with Crippen molar-refractivity contribution in [1.29, 1.82) is 0 Å². The molecule has 28 heavy (non-hydrogen) atoms. The quantitative estimate of drug-likeness (QED) is 0.812. The molecule has 2 saturated heterocycles. The van der Waals surface area contributed by atoms with Crippen molar-refractivity contribution in [3.63, 3.8) is 0 Å². The lowest BCUT2D eigenvalue weighted by Gasteiger charge is -2.53. The molecule has 0 aromatic carbocycles. The Hall–Kier alpha value is -1.79. The van der Waals surface area contributed by atoms with Gasteiger partial charge in [-0.25, -0.2) is 4.98 Å². The number of nitrogens with zero attached hydrogens (tertiary/aromatic N) is 2. The molecule has 0 spiro atoms. The van der Waals surface area contributed by atoms with Crippen LogP contribution in [-0.2, 0) is 4.79 Å². The van der Waals surface area contributed by atoms with E-state index in [0.29, 0.717) is 35.2 Å². The third-order valence-electron chi connectivity index (χ3n) is 6.43. The van der Waals surface area contributed by atoms with Crippen molar-refractivity contribution in [1.82, 2.24) is 14.9 Å². The summed E-state index contributed by atoms with van der Waals surface area (Å²) < 4.78 is 5.30. The molecule has 2 aliphatic rings. The highest BCUT2D eigenvalue weighted by atomic mass is 35.5. The summed E-state index contributed by atoms with van der Waals surface area (Å²) in [5.41, 5.74) is 0.785. The Morgan fingerprint density at radius 1 is 1.43 bits per heavy atom. The zero-order valence-corrected chi connectivity index (χ0v) is 17.6. The largest absolute Gasteiger partial charge is 0.494 e. The molecule has 7 heteroatoms. The summed E-state index contributed by atoms with van der Waals surface area (Å²) in [5.74, 6) is 0.801. The van der Waals surface area contributed by atoms with Gasteiger partial charge in [0.2, 0.25) is 5.91 Å². The molecule has 0 radical (unpaired) electrons. The zero-order valence-electron chi connectivity index (χ0n) is 16.8. The number of amides is 1. The highest BCUT2D eigenvalue weighted by Crippen LogP contribution is 2.43. The molecule has 3 unspecified atom stereocenters. The summed E-state index contributed by atoms with van der Waals surface area (Å²) in [6.07, 6.45) is 6.55. The van der Waals surface area contributed by atoms with Gasteiger partial charge in [-0.1, -0.05) is 18.5 Å². The number of H-pyrrole nitrogens is 1. The summed E-state index contributed by atoms with van der Waals surface area (Å²) in [5, 5.41) is 11.9. The number of aromatic amines is 1. The van der Waals surface area contributed by atoms with E-state index in [4.69, 9.17) is 16.3 Å². The topological polar surface area (TPSA) is 78.5 Å². The molecule has 2 N–H and O–H groups in total. The molecule has 2 aromatic rings. The first-order valence-electron chi connectivity index (χ1n) is 9.96. The molecule has 152 valence electrons. The lowest BCUT2D eigenvalue weighted by molar-refractivity contribution is -0.153. The van der Waals surface area contributed by atoms with Crippen LogP contribution in [0.4, 0.5) is 0 Å². The second-order valence-corrected chi connectivity index (χ2v) is 9.24. The maximum Gasteiger partial charge on any atom is 0.230 e. The van der Waals surface area contributed by atoms with Crippen LogP contribution < -0.4 is 4.74 Å². The number of nitrogens with one attached hydrogen (secondary N) is 1. The van der Waals surface area contributed by atoms with Crippen LogP contribution in [0, 0.1) is 5.92 Å². The molecule has 2 bridgehead atoms. The van der Waals surface area contributed by atoms with Crippen molar-refractivity contribution in [2.24, 2.45) is 5.92 Å². The van der Waals surface area contributed by atoms with Crippen molar-refractivity contribution in [3.05, 3.63) is 23.0 Å². The Balaban J connectivity index is 1.68. The second-order valence-electron chi connectivity index (χ2n) is 8.86. The number of rotatable bonds is 3. The average molecular weight is 406 g/mol. The van der Waals surface area contributed by atoms with Gasteiger partial charge in [0, 0.05) is 23.7 Å². The first-order chi connectivity index (χ1) is 13.2. The Bertz CT molecular complexity index is 892. The predicted molar refractivity (Wildman–Crippen MR) is 109 cm³/mol. The Kier molecular flexibility index (Phi) is 4.82. The number of piperidine rings is 2. The highest BCUT2D eigenvalue weighted by Gasteiger charge is 2.47. The third-order valence-corrected chi connectivity index (χ3v) is 6.81. The van der Waals surface area contributed by atoms with Crippen LogP contribution in [-0.4, -0.2) is 50.7 Å². The predicted octanol–water partition coefficient (Wildman–Crippen LogP) is 3.87. The number of fused-ring (bicyclic) bond motifs is 3. The standard InChI is InChI=1S/C21H28ClN3O3/c1-11-5-13-7-21(3,27)8-14(6-11)25(13)20(26)12(2)15-9-23-19-17(15)18(22)16(28-4)10-24-19/h9-14,27H,5-8H2,1-4H3,(H,23,24). The first kappa shape index (κ1) is 19.5. The van der Waals surface area contributed by atoms with Crippen LogP contribution >= 0.6 is 11.6 Å². The molecule has 4 heterocycles. The van der Waals surface area contributed by atoms with Crippen LogP contribution in [0.5, 0.6) is 5.75 Å². The number of hydrogen-bond acceptors (Lipinski definition) is 4. The van der Waals surface area contributed by atoms with Crippen molar-refractivity contribution in [2.75, 3.05) is 7.11 Å². The van der Waals surface area contributed by atoms with Gasteiger partial charge in [-0.15, -0.1) is 0 Å². The van der Waals surface area contributed by atoms with Gasteiger partial charge in [-0.3, -0.25) is 4.79 Å². The van der Waals surface area contributed by atoms with Crippen molar-refractivity contribution < 1.29 is 14.6 Å². The number of methoxy groups -OCH3 is 1. The number of halogens is 1. The Labute approximate surface area is 170 Å². The van der Waals surface area contributed by atoms with E-state index >= 15 is 0 Å². The van der Waals surface area contributed by atoms with E-state index in [0.717, 1.165) is 23.8 Å². The lowest BCUT2D eigenvalue weighted by Crippen LogP contribution is -2.61. The molecule has 2 fully saturated rings. The number of aromatic nitrogens is 2. The fourth-order valence-corrected chi connectivity index (χ4v) is 5.60. The Morgan fingerprint density at radius 3 is 2.68 bits per heavy atom. The van der Waals surface area contributed by atoms with Crippen LogP contribution in [0.1, 0.15) is 57.9 Å². The smallest absolute Gasteiger partial charge is 0.230 e. The Morgan fingerprint density at radius 2 is 2.07 bits per heavy atom. The van der Waals surface area contributed by atoms with Gasteiger partial charge in [-0.2, -0.15) is 0 Å². The average Bonchev–Trinajstić information content (AvgIpc) is 3.04. The van der Waals surface area contributed by atoms with E-state index in [1.807, 2.05) is 24.9 Å². The zero-order chi connectivity index (χ0) is 20.2. The van der Waals surface area contributed by atoms with Crippen LogP contribution in [0.25, 0.3) is 11.0 Å². The minimum Gasteiger partial charge on any atom is -0.494 e. The maximum absolute atomic E-state index is 13.6. The van der Waals surface area contributed by atoms with E-state index in [2.05, 4.69) is 16.9 Å². The van der Waals surface area contributed by atoms with Crippen molar-refractivity contribution in [3.8, 4) is 5.75 Å². The summed E-state index contributed by atoms with van der Waals surface area (Å²) >= 11 is 6.53. The van der Waals surface area contributed by atoms with Crippen LogP contribution in [0.2, 0.25) is 5.02 Å². The van der Waals surface area contributed by atoms with Gasteiger partial charge in [-0.05, 0) is 51.0 Å². The molecular weight excluding hydrogens is 378 g/mol. The minimum atomic E-state index is -0.698. The van der Waals surface area contributed by atoms with Gasteiger partial charge >= 0.3 is 0 Å². The molecular formula is C21H28ClN3O3. The summed E-state index contributed by atoms with van der Waals surface area (Å²) in [7, 11) is 1.55. The molecule has 3 atom stereocenters. The third kappa shape index (κ3) is 3.16. The number of ether oxygens (including phenoxy) is 1. The van der Waals surface area contributed by atoms with Crippen LogP contribution in [0.15, 0.2) is 12.4 Å². The van der Waals surface area contributed by atoms with Gasteiger partial charge in [0.1, 0.15) is 5.65 Å². The summed E-state index contributed by atoms with van der Waals surface area (Å²) in [4.78, 5) is 23.1. The number of pyridine rings is 1. The number of carbonyl (C=O) groups excluding carboxylic acids is 1. The molecule has 0 aliphatic carbocycles. The highest BCUT2D eigenvalue weighted by molar-refractivity contribution is 6.37. The normalized spacial score (nSPS) is 31.1. The molecule has 4 rings (SSSR count). The number of aliphatic hydroxyl groups is 1. The first-order valence-corrected chi connectivity index (χ1v) is 10.3. The monoisotopic (exact) mass is 405 g/mol. The van der Waals surface area contributed by atoms with Gasteiger partial charge < -0.3 is 19.7 Å². The van der Waals surface area contributed by atoms with E-state index < -0.39 is 5.60 Å². The van der Waals surface area contributed by atoms with E-state index in [9.17, 15) is 9.90 Å². The maximum atomic E-state index is 13.6. The van der Waals surface area contributed by atoms with Crippen molar-refractivity contribution >= 4 is 28.5 Å². The molecule has 2 aromatic heterocycles. The molecule has 6 nitrogen and oxygen atoms in total. The van der Waals surface area contributed by atoms with Gasteiger partial charge in [0.15, 0.2) is 5.75 Å². The van der Waals surface area contributed by atoms with E-state index in [1.54, 1.807) is 13.3 Å². The molecule has 1 amide bonds. The lowest BCUT2D eigenvalue weighted by atomic mass is 9.72. The summed E-state index contributed by atoms with van der Waals surface area (Å²) in [6, 6.07) is 0.168. The number of carbonyl (C=O) groups is 1. The van der Waals surface area contributed by atoms with E-state index in [-0.39, 0.29) is 23.9 Å². The minimum absolute atomic E-state index is 0.0841. The summed E-state index contributed by atoms with van der Waals surface area (Å²) in [6.45, 7) is 6.06.